The van der Waals surface area contributed by atoms with Gasteiger partial charge in [0.25, 0.3) is 20.2 Å². The molecular weight excluding hydrogens is 468 g/mol. The van der Waals surface area contributed by atoms with Crippen molar-refractivity contribution >= 4 is 26.2 Å². The molecule has 1 aliphatic carbocycles. The zero-order valence-corrected chi connectivity index (χ0v) is 20.4. The van der Waals surface area contributed by atoms with Gasteiger partial charge in [0.15, 0.2) is 5.60 Å². The van der Waals surface area contributed by atoms with E-state index >= 15 is 0 Å². The van der Waals surface area contributed by atoms with Crippen molar-refractivity contribution in [2.24, 2.45) is 0 Å². The molecule has 3 rings (SSSR count). The Labute approximate surface area is 195 Å². The largest absolute Gasteiger partial charge is 0.464 e. The van der Waals surface area contributed by atoms with Crippen molar-refractivity contribution in [3.63, 3.8) is 0 Å². The van der Waals surface area contributed by atoms with Crippen LogP contribution >= 0.6 is 0 Å². The average molecular weight is 497 g/mol. The van der Waals surface area contributed by atoms with E-state index in [0.717, 1.165) is 11.1 Å². The number of ether oxygens (including phenoxy) is 1. The maximum Gasteiger partial charge on any atom is 0.339 e. The summed E-state index contributed by atoms with van der Waals surface area (Å²) in [7, 11) is -8.26. The van der Waals surface area contributed by atoms with E-state index in [4.69, 9.17) is 13.1 Å². The number of rotatable bonds is 8. The summed E-state index contributed by atoms with van der Waals surface area (Å²) in [4.78, 5) is 12.7. The van der Waals surface area contributed by atoms with E-state index in [0.29, 0.717) is 0 Å². The van der Waals surface area contributed by atoms with Crippen LogP contribution in [0.15, 0.2) is 58.3 Å². The van der Waals surface area contributed by atoms with Crippen LogP contribution in [0.5, 0.6) is 0 Å². The average Bonchev–Trinajstić information content (AvgIpc) is 2.75. The van der Waals surface area contributed by atoms with Gasteiger partial charge >= 0.3 is 5.97 Å². The van der Waals surface area contributed by atoms with Gasteiger partial charge in [-0.05, 0) is 70.7 Å². The molecule has 0 radical (unpaired) electrons. The first-order valence-electron chi connectivity index (χ1n) is 10.7. The van der Waals surface area contributed by atoms with Gasteiger partial charge in [-0.3, -0.25) is 4.18 Å². The van der Waals surface area contributed by atoms with Gasteiger partial charge in [-0.1, -0.05) is 35.4 Å². The maximum atomic E-state index is 12.9. The predicted octanol–water partition coefficient (Wildman–Crippen LogP) is 3.66. The highest BCUT2D eigenvalue weighted by molar-refractivity contribution is 7.87. The summed E-state index contributed by atoms with van der Waals surface area (Å²) < 4.78 is 67.0. The van der Waals surface area contributed by atoms with Gasteiger partial charge in [0.1, 0.15) is 0 Å². The summed E-state index contributed by atoms with van der Waals surface area (Å²) in [6, 6.07) is 12.4. The SMILES string of the molecule is CCOC(=O)C1(OS(=O)(=O)c2ccc(C)cc2)CCC(OS(=O)(=O)c2ccc(C)cc2)CC1. The van der Waals surface area contributed by atoms with E-state index in [1.807, 2.05) is 13.8 Å². The Balaban J connectivity index is 1.77. The van der Waals surface area contributed by atoms with E-state index in [1.165, 1.54) is 24.3 Å². The fourth-order valence-corrected chi connectivity index (χ4v) is 5.99. The number of carbonyl (C=O) groups is 1. The summed E-state index contributed by atoms with van der Waals surface area (Å²) in [6.07, 6.45) is -0.638. The van der Waals surface area contributed by atoms with E-state index in [-0.39, 0.29) is 42.1 Å². The monoisotopic (exact) mass is 496 g/mol. The molecule has 0 heterocycles. The molecule has 1 fully saturated rings. The molecule has 0 atom stereocenters. The van der Waals surface area contributed by atoms with Crippen LogP contribution in [-0.2, 0) is 38.1 Å². The summed E-state index contributed by atoms with van der Waals surface area (Å²) in [6.45, 7) is 5.33. The smallest absolute Gasteiger partial charge is 0.339 e. The highest BCUT2D eigenvalue weighted by Crippen LogP contribution is 2.38. The molecule has 2 aromatic carbocycles. The third-order valence-corrected chi connectivity index (χ3v) is 8.30. The Morgan fingerprint density at radius 2 is 1.30 bits per heavy atom. The summed E-state index contributed by atoms with van der Waals surface area (Å²) in [5, 5.41) is 0. The van der Waals surface area contributed by atoms with Gasteiger partial charge in [-0.25, -0.2) is 8.98 Å². The van der Waals surface area contributed by atoms with Crippen LogP contribution in [0.1, 0.15) is 43.7 Å². The second kappa shape index (κ2) is 9.92. The lowest BCUT2D eigenvalue weighted by atomic mass is 9.83. The summed E-state index contributed by atoms with van der Waals surface area (Å²) >= 11 is 0. The fourth-order valence-electron chi connectivity index (χ4n) is 3.64. The third kappa shape index (κ3) is 6.00. The van der Waals surface area contributed by atoms with Gasteiger partial charge in [-0.15, -0.1) is 0 Å². The summed E-state index contributed by atoms with van der Waals surface area (Å²) in [5.74, 6) is -0.791. The number of hydrogen-bond donors (Lipinski definition) is 0. The molecule has 33 heavy (non-hydrogen) atoms. The molecule has 0 saturated heterocycles. The topological polar surface area (TPSA) is 113 Å². The van der Waals surface area contributed by atoms with Crippen molar-refractivity contribution in [3.05, 3.63) is 59.7 Å². The van der Waals surface area contributed by atoms with Gasteiger partial charge in [-0.2, -0.15) is 16.8 Å². The summed E-state index contributed by atoms with van der Waals surface area (Å²) in [5.41, 5.74) is 0.0481. The fraction of sp³-hybridized carbons (Fsp3) is 0.435. The predicted molar refractivity (Wildman–Crippen MR) is 121 cm³/mol. The van der Waals surface area contributed by atoms with Gasteiger partial charge < -0.3 is 4.74 Å². The van der Waals surface area contributed by atoms with Crippen molar-refractivity contribution in [2.75, 3.05) is 6.61 Å². The molecule has 1 saturated carbocycles. The molecule has 0 N–H and O–H groups in total. The van der Waals surface area contributed by atoms with Crippen molar-refractivity contribution < 1.29 is 34.7 Å². The van der Waals surface area contributed by atoms with Crippen LogP contribution in [0.4, 0.5) is 0 Å². The number of carbonyl (C=O) groups excluding carboxylic acids is 1. The van der Waals surface area contributed by atoms with Crippen molar-refractivity contribution in [2.45, 2.75) is 68.0 Å². The minimum Gasteiger partial charge on any atom is -0.464 e. The lowest BCUT2D eigenvalue weighted by molar-refractivity contribution is -0.165. The van der Waals surface area contributed by atoms with Crippen molar-refractivity contribution in [3.8, 4) is 0 Å². The maximum absolute atomic E-state index is 12.9. The highest BCUT2D eigenvalue weighted by Gasteiger charge is 2.49. The van der Waals surface area contributed by atoms with Gasteiger partial charge in [0.2, 0.25) is 0 Å². The Bertz CT molecular complexity index is 1180. The minimum atomic E-state index is -4.26. The molecule has 0 aliphatic heterocycles. The second-order valence-corrected chi connectivity index (χ2v) is 11.2. The molecular formula is C23H28O8S2. The van der Waals surface area contributed by atoms with Crippen LogP contribution < -0.4 is 0 Å². The van der Waals surface area contributed by atoms with Crippen LogP contribution in [-0.4, -0.2) is 41.1 Å². The van der Waals surface area contributed by atoms with Gasteiger partial charge in [0.05, 0.1) is 22.5 Å². The van der Waals surface area contributed by atoms with E-state index in [2.05, 4.69) is 0 Å². The first-order chi connectivity index (χ1) is 15.5. The minimum absolute atomic E-state index is 0.0357. The van der Waals surface area contributed by atoms with Crippen LogP contribution in [0, 0.1) is 13.8 Å². The Kier molecular flexibility index (Phi) is 7.62. The molecule has 180 valence electrons. The lowest BCUT2D eigenvalue weighted by Crippen LogP contribution is -2.48. The molecule has 8 nitrogen and oxygen atoms in total. The van der Waals surface area contributed by atoms with Crippen molar-refractivity contribution in [1.29, 1.82) is 0 Å². The first-order valence-corrected chi connectivity index (χ1v) is 13.5. The number of aryl methyl sites for hydroxylation is 2. The number of esters is 1. The zero-order valence-electron chi connectivity index (χ0n) is 18.8. The molecule has 0 unspecified atom stereocenters. The molecule has 1 aliphatic rings. The standard InChI is InChI=1S/C23H28O8S2/c1-4-29-22(24)23(31-33(27,28)21-11-7-18(3)8-12-21)15-13-19(14-16-23)30-32(25,26)20-9-5-17(2)6-10-20/h5-12,19H,4,13-16H2,1-3H3. The van der Waals surface area contributed by atoms with Crippen LogP contribution in [0.2, 0.25) is 0 Å². The second-order valence-electron chi connectivity index (χ2n) is 8.13. The normalized spacial score (nSPS) is 21.5. The number of hydrogen-bond acceptors (Lipinski definition) is 8. The zero-order chi connectivity index (χ0) is 24.3. The molecule has 0 bridgehead atoms. The number of benzene rings is 2. The van der Waals surface area contributed by atoms with Crippen molar-refractivity contribution in [1.82, 2.24) is 0 Å². The molecule has 10 heteroatoms. The first kappa shape index (κ1) is 25.4. The Morgan fingerprint density at radius 1 is 0.848 bits per heavy atom. The lowest BCUT2D eigenvalue weighted by Gasteiger charge is -2.36. The molecule has 2 aromatic rings. The van der Waals surface area contributed by atoms with E-state index in [9.17, 15) is 21.6 Å². The van der Waals surface area contributed by atoms with Crippen LogP contribution in [0.3, 0.4) is 0 Å². The van der Waals surface area contributed by atoms with E-state index < -0.39 is 37.9 Å². The van der Waals surface area contributed by atoms with Crippen LogP contribution in [0.25, 0.3) is 0 Å². The third-order valence-electron chi connectivity index (χ3n) is 5.54. The molecule has 0 amide bonds. The van der Waals surface area contributed by atoms with E-state index in [1.54, 1.807) is 31.2 Å². The molecule has 0 spiro atoms. The quantitative estimate of drug-likeness (QED) is 0.402. The van der Waals surface area contributed by atoms with Gasteiger partial charge in [0, 0.05) is 0 Å². The molecule has 0 aromatic heterocycles. The Hall–Kier alpha value is -2.27. The highest BCUT2D eigenvalue weighted by atomic mass is 32.2. The Morgan fingerprint density at radius 3 is 1.76 bits per heavy atom.